The van der Waals surface area contributed by atoms with Crippen molar-refractivity contribution < 1.29 is 17.9 Å². The minimum atomic E-state index is -3.74. The van der Waals surface area contributed by atoms with Crippen LogP contribution in [-0.4, -0.2) is 44.4 Å². The smallest absolute Gasteiger partial charge is 0.271 e. The van der Waals surface area contributed by atoms with E-state index in [1.807, 2.05) is 11.8 Å². The topological polar surface area (TPSA) is 88.6 Å². The van der Waals surface area contributed by atoms with E-state index < -0.39 is 10.0 Å². The van der Waals surface area contributed by atoms with E-state index in [4.69, 9.17) is 4.74 Å². The fourth-order valence-corrected chi connectivity index (χ4v) is 6.55. The van der Waals surface area contributed by atoms with Gasteiger partial charge in [-0.2, -0.15) is 0 Å². The first-order chi connectivity index (χ1) is 14.4. The first-order valence-electron chi connectivity index (χ1n) is 9.40. The Morgan fingerprint density at radius 2 is 2.00 bits per heavy atom. The van der Waals surface area contributed by atoms with Crippen LogP contribution in [0.15, 0.2) is 39.9 Å². The van der Waals surface area contributed by atoms with Crippen molar-refractivity contribution in [2.24, 2.45) is 0 Å². The van der Waals surface area contributed by atoms with Crippen molar-refractivity contribution in [1.82, 2.24) is 9.88 Å². The number of methoxy groups -OCH3 is 1. The number of nitrogens with zero attached hydrogens (tertiary/aromatic N) is 2. The van der Waals surface area contributed by atoms with Crippen LogP contribution in [-0.2, 0) is 10.0 Å². The summed E-state index contributed by atoms with van der Waals surface area (Å²) in [6, 6.07) is 8.33. The molecule has 0 radical (unpaired) electrons. The van der Waals surface area contributed by atoms with Gasteiger partial charge in [-0.25, -0.2) is 13.4 Å². The lowest BCUT2D eigenvalue weighted by Crippen LogP contribution is -2.27. The summed E-state index contributed by atoms with van der Waals surface area (Å²) in [5.41, 5.74) is 1.80. The Morgan fingerprint density at radius 3 is 2.73 bits per heavy atom. The fourth-order valence-electron chi connectivity index (χ4n) is 3.24. The summed E-state index contributed by atoms with van der Waals surface area (Å²) in [6.45, 7) is 3.38. The number of aryl methyl sites for hydroxylation is 1. The lowest BCUT2D eigenvalue weighted by molar-refractivity contribution is 0.0796. The van der Waals surface area contributed by atoms with Crippen LogP contribution in [0.2, 0.25) is 0 Å². The van der Waals surface area contributed by atoms with Gasteiger partial charge in [0.15, 0.2) is 0 Å². The predicted molar refractivity (Wildman–Crippen MR) is 119 cm³/mol. The number of thiazole rings is 1. The molecule has 1 amide bonds. The van der Waals surface area contributed by atoms with Gasteiger partial charge in [0.2, 0.25) is 0 Å². The molecule has 3 aromatic rings. The van der Waals surface area contributed by atoms with E-state index in [2.05, 4.69) is 9.71 Å². The molecule has 0 atom stereocenters. The lowest BCUT2D eigenvalue weighted by Gasteiger charge is -2.13. The number of nitrogens with one attached hydrogen (secondary N) is 1. The van der Waals surface area contributed by atoms with Gasteiger partial charge >= 0.3 is 0 Å². The number of anilines is 1. The molecule has 0 bridgehead atoms. The van der Waals surface area contributed by atoms with Crippen molar-refractivity contribution in [3.05, 3.63) is 46.3 Å². The summed E-state index contributed by atoms with van der Waals surface area (Å²) in [5.74, 6) is 0.576. The molecule has 1 N–H and O–H groups in total. The van der Waals surface area contributed by atoms with Gasteiger partial charge in [-0.3, -0.25) is 9.52 Å². The summed E-state index contributed by atoms with van der Waals surface area (Å²) in [5, 5.41) is 2.40. The summed E-state index contributed by atoms with van der Waals surface area (Å²) in [7, 11) is -2.22. The van der Waals surface area contributed by atoms with Gasteiger partial charge in [-0.05, 0) is 38.0 Å². The zero-order valence-electron chi connectivity index (χ0n) is 16.5. The molecule has 0 spiro atoms. The third kappa shape index (κ3) is 4.21. The third-order valence-corrected chi connectivity index (χ3v) is 8.81. The van der Waals surface area contributed by atoms with E-state index in [9.17, 15) is 13.2 Å². The zero-order valence-corrected chi connectivity index (χ0v) is 19.0. The monoisotopic (exact) mass is 463 g/mol. The molecule has 10 heteroatoms. The van der Waals surface area contributed by atoms with Crippen LogP contribution in [0.4, 0.5) is 5.69 Å². The molecule has 0 saturated carbocycles. The second-order valence-electron chi connectivity index (χ2n) is 6.92. The molecule has 1 fully saturated rings. The van der Waals surface area contributed by atoms with Crippen molar-refractivity contribution in [3.8, 4) is 16.3 Å². The van der Waals surface area contributed by atoms with Crippen molar-refractivity contribution in [3.63, 3.8) is 0 Å². The standard InChI is InChI=1S/C20H21N3O4S3/c1-13-18(20(24)23-8-3-4-9-23)29-19(21-13)14-10-17(28-12-14)30(25,26)22-15-6-5-7-16(11-15)27-2/h5-7,10-12,22H,3-4,8-9H2,1-2H3. The van der Waals surface area contributed by atoms with Crippen molar-refractivity contribution >= 4 is 44.3 Å². The first-order valence-corrected chi connectivity index (χ1v) is 12.6. The van der Waals surface area contributed by atoms with Crippen molar-refractivity contribution in [2.45, 2.75) is 24.0 Å². The molecular weight excluding hydrogens is 442 g/mol. The molecule has 0 aliphatic carbocycles. The van der Waals surface area contributed by atoms with Crippen LogP contribution in [0.25, 0.3) is 10.6 Å². The minimum Gasteiger partial charge on any atom is -0.497 e. The van der Waals surface area contributed by atoms with E-state index in [-0.39, 0.29) is 10.1 Å². The number of sulfonamides is 1. The number of thiophene rings is 1. The van der Waals surface area contributed by atoms with Gasteiger partial charge < -0.3 is 9.64 Å². The quantitative estimate of drug-likeness (QED) is 0.591. The first kappa shape index (κ1) is 20.8. The normalized spacial score (nSPS) is 14.1. The Kier molecular flexibility index (Phi) is 5.81. The Bertz CT molecular complexity index is 1180. The largest absolute Gasteiger partial charge is 0.497 e. The average molecular weight is 464 g/mol. The summed E-state index contributed by atoms with van der Waals surface area (Å²) in [6.07, 6.45) is 2.06. The second-order valence-corrected chi connectivity index (χ2v) is 10.7. The van der Waals surface area contributed by atoms with Gasteiger partial charge in [0.25, 0.3) is 15.9 Å². The highest BCUT2D eigenvalue weighted by Gasteiger charge is 2.25. The number of hydrogen-bond donors (Lipinski definition) is 1. The van der Waals surface area contributed by atoms with E-state index in [0.717, 1.165) is 37.3 Å². The van der Waals surface area contributed by atoms with Crippen LogP contribution in [0.1, 0.15) is 28.2 Å². The van der Waals surface area contributed by atoms with Crippen molar-refractivity contribution in [1.29, 1.82) is 0 Å². The van der Waals surface area contributed by atoms with E-state index in [1.54, 1.807) is 35.7 Å². The lowest BCUT2D eigenvalue weighted by atomic mass is 10.3. The fraction of sp³-hybridized carbons (Fsp3) is 0.300. The Labute approximate surface area is 183 Å². The maximum absolute atomic E-state index is 12.8. The van der Waals surface area contributed by atoms with Crippen molar-refractivity contribution in [2.75, 3.05) is 24.9 Å². The van der Waals surface area contributed by atoms with Gasteiger partial charge in [0.1, 0.15) is 19.8 Å². The molecule has 1 aliphatic rings. The zero-order chi connectivity index (χ0) is 21.3. The number of benzene rings is 1. The SMILES string of the molecule is COc1cccc(NS(=O)(=O)c2cc(-c3nc(C)c(C(=O)N4CCCC4)s3)cs2)c1. The minimum absolute atomic E-state index is 0.0107. The molecule has 1 aromatic carbocycles. The van der Waals surface area contributed by atoms with Crippen LogP contribution in [0, 0.1) is 6.92 Å². The summed E-state index contributed by atoms with van der Waals surface area (Å²) in [4.78, 5) is 19.7. The molecule has 1 aliphatic heterocycles. The number of carbonyl (C=O) groups is 1. The Morgan fingerprint density at radius 1 is 1.23 bits per heavy atom. The molecule has 30 heavy (non-hydrogen) atoms. The maximum atomic E-state index is 12.8. The number of likely N-dealkylation sites (tertiary alicyclic amines) is 1. The molecule has 1 saturated heterocycles. The highest BCUT2D eigenvalue weighted by atomic mass is 32.2. The molecule has 3 heterocycles. The van der Waals surface area contributed by atoms with E-state index in [1.165, 1.54) is 18.4 Å². The number of aromatic nitrogens is 1. The van der Waals surface area contributed by atoms with Gasteiger partial charge in [-0.1, -0.05) is 6.07 Å². The number of rotatable bonds is 6. The van der Waals surface area contributed by atoms with Crippen LogP contribution in [0.5, 0.6) is 5.75 Å². The number of hydrogen-bond acceptors (Lipinski definition) is 7. The third-order valence-electron chi connectivity index (χ3n) is 4.79. The second kappa shape index (κ2) is 8.37. The van der Waals surface area contributed by atoms with E-state index in [0.29, 0.717) is 32.6 Å². The number of carbonyl (C=O) groups excluding carboxylic acids is 1. The van der Waals surface area contributed by atoms with Crippen LogP contribution < -0.4 is 9.46 Å². The Hall–Kier alpha value is -2.43. The van der Waals surface area contributed by atoms with Crippen LogP contribution in [0.3, 0.4) is 0 Å². The Balaban J connectivity index is 1.56. The van der Waals surface area contributed by atoms with Gasteiger partial charge in [0.05, 0.1) is 18.5 Å². The molecular formula is C20H21N3O4S3. The molecule has 7 nitrogen and oxygen atoms in total. The van der Waals surface area contributed by atoms with Gasteiger partial charge in [0, 0.05) is 30.1 Å². The predicted octanol–water partition coefficient (Wildman–Crippen LogP) is 4.23. The maximum Gasteiger partial charge on any atom is 0.271 e. The molecule has 2 aromatic heterocycles. The summed E-state index contributed by atoms with van der Waals surface area (Å²) >= 11 is 2.43. The molecule has 4 rings (SSSR count). The van der Waals surface area contributed by atoms with Gasteiger partial charge in [-0.15, -0.1) is 22.7 Å². The van der Waals surface area contributed by atoms with Crippen LogP contribution >= 0.6 is 22.7 Å². The molecule has 0 unspecified atom stereocenters. The highest BCUT2D eigenvalue weighted by molar-refractivity contribution is 7.94. The number of amides is 1. The molecule has 158 valence electrons. The highest BCUT2D eigenvalue weighted by Crippen LogP contribution is 2.34. The van der Waals surface area contributed by atoms with E-state index >= 15 is 0 Å². The summed E-state index contributed by atoms with van der Waals surface area (Å²) < 4.78 is 33.5. The average Bonchev–Trinajstić information content (AvgIpc) is 3.47. The number of ether oxygens (including phenoxy) is 1.